The Bertz CT molecular complexity index is 202. The Morgan fingerprint density at radius 1 is 1.33 bits per heavy atom. The summed E-state index contributed by atoms with van der Waals surface area (Å²) in [5, 5.41) is 3.29. The van der Waals surface area contributed by atoms with E-state index in [1.807, 2.05) is 0 Å². The Morgan fingerprint density at radius 2 is 1.93 bits per heavy atom. The Morgan fingerprint density at radius 3 is 2.47 bits per heavy atom. The van der Waals surface area contributed by atoms with Gasteiger partial charge in [-0.15, -0.1) is 0 Å². The molecule has 0 spiro atoms. The standard InChI is InChI=1S/C12H23NO2/c1-12(2,3)9-15-11(14)8-10-4-6-13-7-5-10/h10,13H,4-9H2,1-3H3. The number of carbonyl (C=O) groups excluding carboxylic acids is 1. The molecule has 0 amide bonds. The first-order chi connectivity index (χ1) is 6.97. The Balaban J connectivity index is 2.17. The van der Waals surface area contributed by atoms with Crippen LogP contribution in [0.2, 0.25) is 0 Å². The van der Waals surface area contributed by atoms with Gasteiger partial charge in [0.05, 0.1) is 6.61 Å². The maximum Gasteiger partial charge on any atom is 0.306 e. The third-order valence-electron chi connectivity index (χ3n) is 2.58. The Hall–Kier alpha value is -0.570. The smallest absolute Gasteiger partial charge is 0.306 e. The summed E-state index contributed by atoms with van der Waals surface area (Å²) in [5.74, 6) is 0.496. The molecule has 0 atom stereocenters. The van der Waals surface area contributed by atoms with Crippen LogP contribution in [0.25, 0.3) is 0 Å². The number of hydrogen-bond acceptors (Lipinski definition) is 3. The quantitative estimate of drug-likeness (QED) is 0.728. The van der Waals surface area contributed by atoms with Crippen molar-refractivity contribution >= 4 is 5.97 Å². The van der Waals surface area contributed by atoms with Crippen LogP contribution in [-0.4, -0.2) is 25.7 Å². The summed E-state index contributed by atoms with van der Waals surface area (Å²) in [6, 6.07) is 0. The molecule has 0 aromatic carbocycles. The second kappa shape index (κ2) is 5.50. The van der Waals surface area contributed by atoms with Gasteiger partial charge in [-0.1, -0.05) is 20.8 Å². The van der Waals surface area contributed by atoms with Gasteiger partial charge in [0.15, 0.2) is 0 Å². The monoisotopic (exact) mass is 213 g/mol. The molecule has 1 aliphatic heterocycles. The van der Waals surface area contributed by atoms with E-state index in [9.17, 15) is 4.79 Å². The van der Waals surface area contributed by atoms with E-state index < -0.39 is 0 Å². The lowest BCUT2D eigenvalue weighted by Gasteiger charge is -2.23. The zero-order valence-corrected chi connectivity index (χ0v) is 10.1. The van der Waals surface area contributed by atoms with Crippen LogP contribution in [0.5, 0.6) is 0 Å². The number of rotatable bonds is 3. The molecular formula is C12H23NO2. The van der Waals surface area contributed by atoms with Crippen molar-refractivity contribution in [2.24, 2.45) is 11.3 Å². The summed E-state index contributed by atoms with van der Waals surface area (Å²) >= 11 is 0. The van der Waals surface area contributed by atoms with E-state index in [2.05, 4.69) is 26.1 Å². The fraction of sp³-hybridized carbons (Fsp3) is 0.917. The minimum absolute atomic E-state index is 0.0307. The molecule has 0 bridgehead atoms. The molecule has 0 aliphatic carbocycles. The molecule has 1 aliphatic rings. The molecule has 0 radical (unpaired) electrons. The van der Waals surface area contributed by atoms with Gasteiger partial charge in [-0.3, -0.25) is 4.79 Å². The SMILES string of the molecule is CC(C)(C)COC(=O)CC1CCNCC1. The molecule has 88 valence electrons. The van der Waals surface area contributed by atoms with Crippen LogP contribution in [0.1, 0.15) is 40.0 Å². The molecule has 0 aromatic heterocycles. The molecular weight excluding hydrogens is 190 g/mol. The molecule has 1 N–H and O–H groups in total. The van der Waals surface area contributed by atoms with Crippen molar-refractivity contribution in [1.82, 2.24) is 5.32 Å². The first kappa shape index (κ1) is 12.5. The van der Waals surface area contributed by atoms with Crippen LogP contribution >= 0.6 is 0 Å². The summed E-state index contributed by atoms with van der Waals surface area (Å²) in [5.41, 5.74) is 0.0732. The summed E-state index contributed by atoms with van der Waals surface area (Å²) in [4.78, 5) is 11.5. The molecule has 15 heavy (non-hydrogen) atoms. The molecule has 3 heteroatoms. The zero-order valence-electron chi connectivity index (χ0n) is 10.1. The van der Waals surface area contributed by atoms with Gasteiger partial charge in [-0.25, -0.2) is 0 Å². The molecule has 1 fully saturated rings. The third-order valence-corrected chi connectivity index (χ3v) is 2.58. The number of piperidine rings is 1. The predicted molar refractivity (Wildman–Crippen MR) is 60.6 cm³/mol. The second-order valence-corrected chi connectivity index (χ2v) is 5.62. The third kappa shape index (κ3) is 5.78. The van der Waals surface area contributed by atoms with Gasteiger partial charge in [0, 0.05) is 6.42 Å². The summed E-state index contributed by atoms with van der Waals surface area (Å²) < 4.78 is 5.25. The van der Waals surface area contributed by atoms with Crippen molar-refractivity contribution in [1.29, 1.82) is 0 Å². The minimum Gasteiger partial charge on any atom is -0.465 e. The Kier molecular flexibility index (Phi) is 4.58. The molecule has 0 saturated carbocycles. The normalized spacial score (nSPS) is 18.9. The molecule has 1 heterocycles. The highest BCUT2D eigenvalue weighted by Crippen LogP contribution is 2.18. The van der Waals surface area contributed by atoms with Crippen molar-refractivity contribution < 1.29 is 9.53 Å². The van der Waals surface area contributed by atoms with Crippen LogP contribution in [0, 0.1) is 11.3 Å². The van der Waals surface area contributed by atoms with E-state index in [1.54, 1.807) is 0 Å². The lowest BCUT2D eigenvalue weighted by molar-refractivity contribution is -0.147. The summed E-state index contributed by atoms with van der Waals surface area (Å²) in [6.45, 7) is 8.83. The van der Waals surface area contributed by atoms with Crippen LogP contribution in [0.4, 0.5) is 0 Å². The summed E-state index contributed by atoms with van der Waals surface area (Å²) in [7, 11) is 0. The number of ether oxygens (including phenoxy) is 1. The second-order valence-electron chi connectivity index (χ2n) is 5.62. The number of esters is 1. The number of carbonyl (C=O) groups is 1. The molecule has 3 nitrogen and oxygen atoms in total. The van der Waals surface area contributed by atoms with Crippen LogP contribution in [0.15, 0.2) is 0 Å². The highest BCUT2D eigenvalue weighted by atomic mass is 16.5. The fourth-order valence-corrected chi connectivity index (χ4v) is 1.68. The molecule has 0 aromatic rings. The maximum atomic E-state index is 11.5. The minimum atomic E-state index is -0.0307. The number of hydrogen-bond donors (Lipinski definition) is 1. The number of nitrogens with one attached hydrogen (secondary N) is 1. The zero-order chi connectivity index (χ0) is 11.3. The highest BCUT2D eigenvalue weighted by Gasteiger charge is 2.19. The average Bonchev–Trinajstić information content (AvgIpc) is 2.15. The first-order valence-electron chi connectivity index (χ1n) is 5.84. The average molecular weight is 213 g/mol. The lowest BCUT2D eigenvalue weighted by Crippen LogP contribution is -2.29. The van der Waals surface area contributed by atoms with Gasteiger partial charge in [-0.05, 0) is 37.3 Å². The van der Waals surface area contributed by atoms with Crippen LogP contribution < -0.4 is 5.32 Å². The summed E-state index contributed by atoms with van der Waals surface area (Å²) in [6.07, 6.45) is 2.80. The lowest BCUT2D eigenvalue weighted by atomic mass is 9.94. The van der Waals surface area contributed by atoms with Crippen molar-refractivity contribution in [2.45, 2.75) is 40.0 Å². The van der Waals surface area contributed by atoms with E-state index in [1.165, 1.54) is 0 Å². The van der Waals surface area contributed by atoms with E-state index in [0.717, 1.165) is 25.9 Å². The van der Waals surface area contributed by atoms with Crippen LogP contribution in [-0.2, 0) is 9.53 Å². The van der Waals surface area contributed by atoms with E-state index in [-0.39, 0.29) is 11.4 Å². The van der Waals surface area contributed by atoms with Crippen LogP contribution in [0.3, 0.4) is 0 Å². The molecule has 1 rings (SSSR count). The van der Waals surface area contributed by atoms with Crippen molar-refractivity contribution in [3.8, 4) is 0 Å². The van der Waals surface area contributed by atoms with E-state index >= 15 is 0 Å². The van der Waals surface area contributed by atoms with Gasteiger partial charge in [0.1, 0.15) is 0 Å². The topological polar surface area (TPSA) is 38.3 Å². The van der Waals surface area contributed by atoms with E-state index in [0.29, 0.717) is 18.9 Å². The largest absolute Gasteiger partial charge is 0.465 e. The van der Waals surface area contributed by atoms with E-state index in [4.69, 9.17) is 4.74 Å². The van der Waals surface area contributed by atoms with Gasteiger partial charge >= 0.3 is 5.97 Å². The molecule has 1 saturated heterocycles. The first-order valence-corrected chi connectivity index (χ1v) is 5.84. The van der Waals surface area contributed by atoms with Crippen molar-refractivity contribution in [3.05, 3.63) is 0 Å². The van der Waals surface area contributed by atoms with Gasteiger partial charge in [0.25, 0.3) is 0 Å². The van der Waals surface area contributed by atoms with Gasteiger partial charge < -0.3 is 10.1 Å². The van der Waals surface area contributed by atoms with Gasteiger partial charge in [-0.2, -0.15) is 0 Å². The fourth-order valence-electron chi connectivity index (χ4n) is 1.68. The Labute approximate surface area is 92.6 Å². The highest BCUT2D eigenvalue weighted by molar-refractivity contribution is 5.69. The molecule has 0 unspecified atom stereocenters. The van der Waals surface area contributed by atoms with Crippen molar-refractivity contribution in [2.75, 3.05) is 19.7 Å². The maximum absolute atomic E-state index is 11.5. The van der Waals surface area contributed by atoms with Crippen molar-refractivity contribution in [3.63, 3.8) is 0 Å². The predicted octanol–water partition coefficient (Wildman–Crippen LogP) is 1.97. The van der Waals surface area contributed by atoms with Gasteiger partial charge in [0.2, 0.25) is 0 Å².